The number of nitrogens with zero attached hydrogens (tertiary/aromatic N) is 1. The summed E-state index contributed by atoms with van der Waals surface area (Å²) >= 11 is 0. The van der Waals surface area contributed by atoms with Crippen LogP contribution in [0.5, 0.6) is 5.75 Å². The highest BCUT2D eigenvalue weighted by atomic mass is 19.1. The van der Waals surface area contributed by atoms with Crippen LogP contribution in [-0.4, -0.2) is 41.1 Å². The second-order valence-corrected chi connectivity index (χ2v) is 4.37. The zero-order chi connectivity index (χ0) is 15.3. The van der Waals surface area contributed by atoms with E-state index >= 15 is 0 Å². The number of ether oxygens (including phenoxy) is 1. The molecule has 5 nitrogen and oxygen atoms in total. The Labute approximate surface area is 114 Å². The monoisotopic (exact) mass is 287 g/mol. The quantitative estimate of drug-likeness (QED) is 0.864. The van der Waals surface area contributed by atoms with Gasteiger partial charge in [-0.3, -0.25) is 9.59 Å². The molecular formula is C13H15F2NO4. The molecule has 0 radical (unpaired) electrons. The summed E-state index contributed by atoms with van der Waals surface area (Å²) in [4.78, 5) is 23.5. The van der Waals surface area contributed by atoms with Crippen molar-refractivity contribution in [2.24, 2.45) is 0 Å². The molecule has 0 unspecified atom stereocenters. The van der Waals surface area contributed by atoms with E-state index in [4.69, 9.17) is 9.84 Å². The number of carbonyl (C=O) groups is 2. The van der Waals surface area contributed by atoms with Crippen LogP contribution in [0.25, 0.3) is 0 Å². The third kappa shape index (κ3) is 4.49. The van der Waals surface area contributed by atoms with Crippen LogP contribution in [0.3, 0.4) is 0 Å². The molecule has 0 spiro atoms. The number of carbonyl (C=O) groups excluding carboxylic acids is 1. The third-order valence-electron chi connectivity index (χ3n) is 2.49. The van der Waals surface area contributed by atoms with Gasteiger partial charge < -0.3 is 14.7 Å². The fraction of sp³-hybridized carbons (Fsp3) is 0.385. The van der Waals surface area contributed by atoms with Gasteiger partial charge in [0, 0.05) is 12.1 Å². The highest BCUT2D eigenvalue weighted by molar-refractivity contribution is 5.82. The Morgan fingerprint density at radius 1 is 1.35 bits per heavy atom. The Hall–Kier alpha value is -2.18. The van der Waals surface area contributed by atoms with E-state index in [1.54, 1.807) is 13.8 Å². The van der Waals surface area contributed by atoms with Gasteiger partial charge in [-0.05, 0) is 26.0 Å². The maximum absolute atomic E-state index is 13.3. The number of hydrogen-bond acceptors (Lipinski definition) is 3. The van der Waals surface area contributed by atoms with Gasteiger partial charge in [0.05, 0.1) is 0 Å². The predicted molar refractivity (Wildman–Crippen MR) is 66.3 cm³/mol. The van der Waals surface area contributed by atoms with E-state index < -0.39 is 36.7 Å². The summed E-state index contributed by atoms with van der Waals surface area (Å²) in [6, 6.07) is 2.37. The van der Waals surface area contributed by atoms with E-state index in [2.05, 4.69) is 0 Å². The highest BCUT2D eigenvalue weighted by Crippen LogP contribution is 2.17. The molecule has 1 rings (SSSR count). The van der Waals surface area contributed by atoms with Gasteiger partial charge in [0.15, 0.2) is 18.2 Å². The zero-order valence-corrected chi connectivity index (χ0v) is 11.1. The maximum atomic E-state index is 13.3. The Balaban J connectivity index is 2.67. The van der Waals surface area contributed by atoms with Crippen molar-refractivity contribution in [3.8, 4) is 5.75 Å². The molecule has 0 bridgehead atoms. The summed E-state index contributed by atoms with van der Waals surface area (Å²) in [5.41, 5.74) is 0. The number of hydrogen-bond donors (Lipinski definition) is 1. The van der Waals surface area contributed by atoms with E-state index in [1.807, 2.05) is 0 Å². The van der Waals surface area contributed by atoms with Crippen LogP contribution in [0, 0.1) is 11.6 Å². The largest absolute Gasteiger partial charge is 0.481 e. The van der Waals surface area contributed by atoms with Gasteiger partial charge in [-0.25, -0.2) is 8.78 Å². The first-order valence-electron chi connectivity index (χ1n) is 5.90. The molecule has 1 aromatic rings. The highest BCUT2D eigenvalue weighted by Gasteiger charge is 2.20. The predicted octanol–water partition coefficient (Wildman–Crippen LogP) is 1.67. The van der Waals surface area contributed by atoms with Crippen molar-refractivity contribution >= 4 is 11.9 Å². The molecule has 0 aliphatic heterocycles. The van der Waals surface area contributed by atoms with Crippen LogP contribution in [0.2, 0.25) is 0 Å². The fourth-order valence-electron chi connectivity index (χ4n) is 1.52. The lowest BCUT2D eigenvalue weighted by atomic mass is 10.3. The standard InChI is InChI=1S/C13H15F2NO4/c1-8(2)16(6-13(18)19)12(17)7-20-11-4-3-9(14)5-10(11)15/h3-5,8H,6-7H2,1-2H3,(H,18,19). The van der Waals surface area contributed by atoms with Crippen molar-refractivity contribution in [3.05, 3.63) is 29.8 Å². The minimum absolute atomic E-state index is 0.265. The fourth-order valence-corrected chi connectivity index (χ4v) is 1.52. The van der Waals surface area contributed by atoms with Crippen LogP contribution < -0.4 is 4.74 Å². The molecule has 1 aromatic carbocycles. The summed E-state index contributed by atoms with van der Waals surface area (Å²) in [5, 5.41) is 8.71. The second-order valence-electron chi connectivity index (χ2n) is 4.37. The van der Waals surface area contributed by atoms with Crippen LogP contribution in [0.15, 0.2) is 18.2 Å². The molecule has 0 aromatic heterocycles. The van der Waals surface area contributed by atoms with Gasteiger partial charge >= 0.3 is 5.97 Å². The molecule has 0 aliphatic carbocycles. The van der Waals surface area contributed by atoms with Crippen LogP contribution in [-0.2, 0) is 9.59 Å². The topological polar surface area (TPSA) is 66.8 Å². The molecule has 0 fully saturated rings. The van der Waals surface area contributed by atoms with E-state index in [-0.39, 0.29) is 11.8 Å². The number of amides is 1. The first kappa shape index (κ1) is 15.9. The van der Waals surface area contributed by atoms with Gasteiger partial charge in [-0.2, -0.15) is 0 Å². The zero-order valence-electron chi connectivity index (χ0n) is 11.1. The molecular weight excluding hydrogens is 272 g/mol. The molecule has 0 saturated carbocycles. The lowest BCUT2D eigenvalue weighted by Crippen LogP contribution is -2.43. The number of carboxylic acids is 1. The Bertz CT molecular complexity index is 505. The molecule has 0 saturated heterocycles. The minimum Gasteiger partial charge on any atom is -0.481 e. The van der Waals surface area contributed by atoms with E-state index in [0.717, 1.165) is 17.0 Å². The Morgan fingerprint density at radius 3 is 2.50 bits per heavy atom. The van der Waals surface area contributed by atoms with Crippen LogP contribution >= 0.6 is 0 Å². The first-order valence-corrected chi connectivity index (χ1v) is 5.90. The molecule has 0 atom stereocenters. The number of carboxylic acid groups (broad SMARTS) is 1. The molecule has 1 N–H and O–H groups in total. The average molecular weight is 287 g/mol. The summed E-state index contributed by atoms with van der Waals surface area (Å²) in [6.07, 6.45) is 0. The number of halogens is 2. The first-order chi connectivity index (χ1) is 9.31. The van der Waals surface area contributed by atoms with Gasteiger partial charge in [0.1, 0.15) is 12.4 Å². The van der Waals surface area contributed by atoms with E-state index in [1.165, 1.54) is 0 Å². The lowest BCUT2D eigenvalue weighted by molar-refractivity contribution is -0.146. The van der Waals surface area contributed by atoms with Gasteiger partial charge in [-0.15, -0.1) is 0 Å². The van der Waals surface area contributed by atoms with Gasteiger partial charge in [0.2, 0.25) is 0 Å². The average Bonchev–Trinajstić information content (AvgIpc) is 2.34. The summed E-state index contributed by atoms with van der Waals surface area (Å²) in [6.45, 7) is 2.32. The van der Waals surface area contributed by atoms with Crippen molar-refractivity contribution in [1.29, 1.82) is 0 Å². The van der Waals surface area contributed by atoms with Gasteiger partial charge in [0.25, 0.3) is 5.91 Å². The van der Waals surface area contributed by atoms with Crippen molar-refractivity contribution in [2.75, 3.05) is 13.2 Å². The van der Waals surface area contributed by atoms with E-state index in [0.29, 0.717) is 6.07 Å². The maximum Gasteiger partial charge on any atom is 0.323 e. The van der Waals surface area contributed by atoms with E-state index in [9.17, 15) is 18.4 Å². The van der Waals surface area contributed by atoms with Crippen LogP contribution in [0.1, 0.15) is 13.8 Å². The van der Waals surface area contributed by atoms with Crippen LogP contribution in [0.4, 0.5) is 8.78 Å². The Kier molecular flexibility index (Phi) is 5.42. The minimum atomic E-state index is -1.15. The Morgan fingerprint density at radius 2 is 2.00 bits per heavy atom. The smallest absolute Gasteiger partial charge is 0.323 e. The molecule has 20 heavy (non-hydrogen) atoms. The lowest BCUT2D eigenvalue weighted by Gasteiger charge is -2.24. The molecule has 7 heteroatoms. The van der Waals surface area contributed by atoms with Gasteiger partial charge in [-0.1, -0.05) is 0 Å². The summed E-state index contributed by atoms with van der Waals surface area (Å²) in [5.74, 6) is -3.69. The SMILES string of the molecule is CC(C)N(CC(=O)O)C(=O)COc1ccc(F)cc1F. The van der Waals surface area contributed by atoms with Crippen molar-refractivity contribution in [1.82, 2.24) is 4.90 Å². The third-order valence-corrected chi connectivity index (χ3v) is 2.49. The molecule has 0 heterocycles. The number of benzene rings is 1. The van der Waals surface area contributed by atoms with Crippen molar-refractivity contribution < 1.29 is 28.2 Å². The molecule has 0 aliphatic rings. The summed E-state index contributed by atoms with van der Waals surface area (Å²) in [7, 11) is 0. The van der Waals surface area contributed by atoms with Crippen molar-refractivity contribution in [2.45, 2.75) is 19.9 Å². The molecule has 1 amide bonds. The van der Waals surface area contributed by atoms with Crippen molar-refractivity contribution in [3.63, 3.8) is 0 Å². The second kappa shape index (κ2) is 6.83. The number of rotatable bonds is 6. The number of aliphatic carboxylic acids is 1. The summed E-state index contributed by atoms with van der Waals surface area (Å²) < 4.78 is 30.9. The molecule has 110 valence electrons. The normalized spacial score (nSPS) is 10.4.